The molecular weight excluding hydrogens is 425 g/mol. The normalized spacial score (nSPS) is 11.5. The maximum Gasteiger partial charge on any atom is 0.407 e. The van der Waals surface area contributed by atoms with Crippen LogP contribution in [0.25, 0.3) is 5.69 Å². The summed E-state index contributed by atoms with van der Waals surface area (Å²) in [5, 5.41) is 6.53. The molecule has 2 heterocycles. The summed E-state index contributed by atoms with van der Waals surface area (Å²) in [6, 6.07) is 10.8. The van der Waals surface area contributed by atoms with E-state index in [1.807, 2.05) is 12.1 Å². The standard InChI is InChI=1S/C24H24FN5O3/c1-24(2,3)33-22(31)27-15-20(13-25)16-30-23(32)29(17-28-30)21-8-4-6-18(12-21)9-10-19-7-5-11-26-14-19/h4-8,11-14,17H,15-16H2,1-3H3,(H,27,31)/b20-13+. The molecule has 8 nitrogen and oxygen atoms in total. The largest absolute Gasteiger partial charge is 0.444 e. The third-order valence-electron chi connectivity index (χ3n) is 4.24. The Bertz CT molecular complexity index is 1260. The van der Waals surface area contributed by atoms with Gasteiger partial charge >= 0.3 is 11.8 Å². The van der Waals surface area contributed by atoms with Gasteiger partial charge in [-0.2, -0.15) is 5.10 Å². The molecule has 0 bridgehead atoms. The molecule has 3 aromatic rings. The number of nitrogens with one attached hydrogen (secondary N) is 1. The van der Waals surface area contributed by atoms with Crippen molar-refractivity contribution in [1.29, 1.82) is 0 Å². The number of hydrogen-bond donors (Lipinski definition) is 1. The van der Waals surface area contributed by atoms with E-state index >= 15 is 0 Å². The lowest BCUT2D eigenvalue weighted by Crippen LogP contribution is -2.34. The van der Waals surface area contributed by atoms with E-state index < -0.39 is 17.4 Å². The summed E-state index contributed by atoms with van der Waals surface area (Å²) in [5.41, 5.74) is 1.09. The maximum atomic E-state index is 13.3. The molecule has 0 fully saturated rings. The smallest absolute Gasteiger partial charge is 0.407 e. The van der Waals surface area contributed by atoms with Crippen molar-refractivity contribution in [3.63, 3.8) is 0 Å². The summed E-state index contributed by atoms with van der Waals surface area (Å²) in [4.78, 5) is 28.6. The highest BCUT2D eigenvalue weighted by Crippen LogP contribution is 2.09. The van der Waals surface area contributed by atoms with Gasteiger partial charge in [-0.15, -0.1) is 0 Å². The number of rotatable bonds is 5. The van der Waals surface area contributed by atoms with Gasteiger partial charge in [-0.1, -0.05) is 17.9 Å². The number of alkyl carbamates (subject to hydrolysis) is 1. The molecule has 0 spiro atoms. The van der Waals surface area contributed by atoms with Crippen LogP contribution in [-0.4, -0.2) is 37.6 Å². The number of carbonyl (C=O) groups is 1. The molecule has 170 valence electrons. The molecule has 0 aliphatic carbocycles. The van der Waals surface area contributed by atoms with Crippen LogP contribution in [0.1, 0.15) is 31.9 Å². The molecule has 33 heavy (non-hydrogen) atoms. The molecule has 1 aromatic carbocycles. The average molecular weight is 449 g/mol. The van der Waals surface area contributed by atoms with E-state index in [2.05, 4.69) is 27.2 Å². The van der Waals surface area contributed by atoms with Crippen LogP contribution >= 0.6 is 0 Å². The van der Waals surface area contributed by atoms with Crippen LogP contribution in [0, 0.1) is 11.8 Å². The number of halogens is 1. The first-order valence-corrected chi connectivity index (χ1v) is 10.2. The van der Waals surface area contributed by atoms with Gasteiger partial charge in [0.1, 0.15) is 11.9 Å². The predicted molar refractivity (Wildman–Crippen MR) is 121 cm³/mol. The van der Waals surface area contributed by atoms with Crippen LogP contribution in [0.15, 0.2) is 71.8 Å². The van der Waals surface area contributed by atoms with Crippen molar-refractivity contribution in [3.8, 4) is 17.5 Å². The number of aromatic nitrogens is 4. The molecule has 3 rings (SSSR count). The van der Waals surface area contributed by atoms with Gasteiger partial charge in [0.2, 0.25) is 0 Å². The fraction of sp³-hybridized carbons (Fsp3) is 0.250. The van der Waals surface area contributed by atoms with Crippen LogP contribution in [0.2, 0.25) is 0 Å². The first-order chi connectivity index (χ1) is 15.7. The minimum atomic E-state index is -0.677. The first kappa shape index (κ1) is 23.5. The molecule has 9 heteroatoms. The fourth-order valence-corrected chi connectivity index (χ4v) is 2.76. The van der Waals surface area contributed by atoms with E-state index in [4.69, 9.17) is 4.74 Å². The highest BCUT2D eigenvalue weighted by atomic mass is 19.1. The Morgan fingerprint density at radius 1 is 1.21 bits per heavy atom. The van der Waals surface area contributed by atoms with E-state index in [1.165, 1.54) is 10.9 Å². The minimum absolute atomic E-state index is 0.121. The third-order valence-corrected chi connectivity index (χ3v) is 4.24. The summed E-state index contributed by atoms with van der Waals surface area (Å²) in [7, 11) is 0. The Morgan fingerprint density at radius 3 is 2.67 bits per heavy atom. The zero-order valence-electron chi connectivity index (χ0n) is 18.6. The quantitative estimate of drug-likeness (QED) is 0.604. The Morgan fingerprint density at radius 2 is 1.97 bits per heavy atom. The molecule has 0 atom stereocenters. The van der Waals surface area contributed by atoms with Gasteiger partial charge in [-0.05, 0) is 56.7 Å². The highest BCUT2D eigenvalue weighted by molar-refractivity contribution is 5.68. The van der Waals surface area contributed by atoms with Gasteiger partial charge in [-0.3, -0.25) is 4.98 Å². The highest BCUT2D eigenvalue weighted by Gasteiger charge is 2.16. The molecule has 2 aromatic heterocycles. The zero-order chi connectivity index (χ0) is 23.8. The number of amides is 1. The van der Waals surface area contributed by atoms with Crippen LogP contribution < -0.4 is 11.0 Å². The average Bonchev–Trinajstić information content (AvgIpc) is 3.15. The first-order valence-electron chi connectivity index (χ1n) is 10.2. The van der Waals surface area contributed by atoms with Crippen molar-refractivity contribution in [1.82, 2.24) is 24.6 Å². The second kappa shape index (κ2) is 10.4. The second-order valence-corrected chi connectivity index (χ2v) is 8.11. The van der Waals surface area contributed by atoms with E-state index in [0.29, 0.717) is 17.6 Å². The molecule has 1 N–H and O–H groups in total. The van der Waals surface area contributed by atoms with Crippen molar-refractivity contribution < 1.29 is 13.9 Å². The minimum Gasteiger partial charge on any atom is -0.444 e. The lowest BCUT2D eigenvalue weighted by molar-refractivity contribution is 0.0532. The Labute approximate surface area is 190 Å². The lowest BCUT2D eigenvalue weighted by atomic mass is 10.2. The number of benzene rings is 1. The number of carbonyl (C=O) groups excluding carboxylic acids is 1. The predicted octanol–water partition coefficient (Wildman–Crippen LogP) is 3.21. The second-order valence-electron chi connectivity index (χ2n) is 8.11. The summed E-state index contributed by atoms with van der Waals surface area (Å²) in [6.07, 6.45) is 4.36. The van der Waals surface area contributed by atoms with Crippen LogP contribution in [0.3, 0.4) is 0 Å². The zero-order valence-corrected chi connectivity index (χ0v) is 18.6. The number of ether oxygens (including phenoxy) is 1. The van der Waals surface area contributed by atoms with Gasteiger partial charge < -0.3 is 10.1 Å². The van der Waals surface area contributed by atoms with Crippen molar-refractivity contribution in [2.75, 3.05) is 6.54 Å². The molecule has 0 unspecified atom stereocenters. The Hall–Kier alpha value is -4.19. The molecule has 0 aliphatic heterocycles. The SMILES string of the molecule is CC(C)(C)OC(=O)NC/C(=C\F)Cn1ncn(-c2cccc(C#Cc3cccnc3)c2)c1=O. The summed E-state index contributed by atoms with van der Waals surface area (Å²) in [6.45, 7) is 4.93. The van der Waals surface area contributed by atoms with Crippen molar-refractivity contribution in [2.45, 2.75) is 32.9 Å². The van der Waals surface area contributed by atoms with Crippen molar-refractivity contribution in [2.24, 2.45) is 0 Å². The Kier molecular flexibility index (Phi) is 7.41. The summed E-state index contributed by atoms with van der Waals surface area (Å²) < 4.78 is 20.9. The summed E-state index contributed by atoms with van der Waals surface area (Å²) >= 11 is 0. The molecule has 0 saturated heterocycles. The number of pyridine rings is 1. The maximum absolute atomic E-state index is 13.3. The van der Waals surface area contributed by atoms with Gasteiger partial charge in [0.25, 0.3) is 0 Å². The van der Waals surface area contributed by atoms with Crippen LogP contribution in [-0.2, 0) is 11.3 Å². The molecule has 0 aliphatic rings. The van der Waals surface area contributed by atoms with Gasteiger partial charge in [0, 0.05) is 30.1 Å². The summed E-state index contributed by atoms with van der Waals surface area (Å²) in [5.74, 6) is 6.05. The molecule has 1 amide bonds. The van der Waals surface area contributed by atoms with Crippen molar-refractivity contribution >= 4 is 6.09 Å². The third kappa shape index (κ3) is 6.90. The Balaban J connectivity index is 1.71. The van der Waals surface area contributed by atoms with Crippen LogP contribution in [0.4, 0.5) is 9.18 Å². The lowest BCUT2D eigenvalue weighted by Gasteiger charge is -2.19. The van der Waals surface area contributed by atoms with Crippen LogP contribution in [0.5, 0.6) is 0 Å². The molecular formula is C24H24FN5O3. The van der Waals surface area contributed by atoms with Gasteiger partial charge in [-0.25, -0.2) is 23.2 Å². The van der Waals surface area contributed by atoms with Gasteiger partial charge in [0.05, 0.1) is 18.6 Å². The topological polar surface area (TPSA) is 91.0 Å². The molecule has 0 radical (unpaired) electrons. The van der Waals surface area contributed by atoms with Crippen molar-refractivity contribution in [3.05, 3.63) is 88.6 Å². The fourth-order valence-electron chi connectivity index (χ4n) is 2.76. The molecule has 0 saturated carbocycles. The van der Waals surface area contributed by atoms with E-state index in [0.717, 1.165) is 10.2 Å². The monoisotopic (exact) mass is 449 g/mol. The van der Waals surface area contributed by atoms with E-state index in [9.17, 15) is 14.0 Å². The number of nitrogens with zero attached hydrogens (tertiary/aromatic N) is 4. The van der Waals surface area contributed by atoms with E-state index in [-0.39, 0.29) is 18.7 Å². The van der Waals surface area contributed by atoms with E-state index in [1.54, 1.807) is 57.4 Å². The van der Waals surface area contributed by atoms with Gasteiger partial charge in [0.15, 0.2) is 0 Å². The number of hydrogen-bond acceptors (Lipinski definition) is 5.